The molecule has 0 saturated carbocycles. The molecule has 0 spiro atoms. The lowest BCUT2D eigenvalue weighted by Crippen LogP contribution is -2.17. The molecule has 0 aliphatic heterocycles. The van der Waals surface area contributed by atoms with Crippen LogP contribution in [-0.4, -0.2) is 33.1 Å². The Bertz CT molecular complexity index is 1160. The number of anilines is 1. The van der Waals surface area contributed by atoms with Gasteiger partial charge in [0.2, 0.25) is 0 Å². The van der Waals surface area contributed by atoms with Crippen LogP contribution in [0.4, 0.5) is 5.82 Å². The number of hydrogen-bond donors (Lipinski definition) is 1. The van der Waals surface area contributed by atoms with Crippen molar-refractivity contribution in [3.8, 4) is 0 Å². The van der Waals surface area contributed by atoms with E-state index in [-0.39, 0.29) is 13.2 Å². The first-order chi connectivity index (χ1) is 14.9. The van der Waals surface area contributed by atoms with Crippen LogP contribution in [-0.2, 0) is 40.3 Å². The van der Waals surface area contributed by atoms with Crippen LogP contribution in [0, 0.1) is 13.8 Å². The van der Waals surface area contributed by atoms with Crippen LogP contribution in [0.3, 0.4) is 0 Å². The van der Waals surface area contributed by atoms with Gasteiger partial charge in [0.1, 0.15) is 17.2 Å². The Morgan fingerprint density at radius 1 is 1.19 bits per heavy atom. The van der Waals surface area contributed by atoms with E-state index in [0.29, 0.717) is 29.5 Å². The van der Waals surface area contributed by atoms with E-state index in [2.05, 4.69) is 9.97 Å². The predicted molar refractivity (Wildman–Crippen MR) is 118 cm³/mol. The molecule has 0 fully saturated rings. The summed E-state index contributed by atoms with van der Waals surface area (Å²) in [5, 5.41) is 0.958. The minimum Gasteiger partial charge on any atom is -0.462 e. The molecule has 0 amide bonds. The highest BCUT2D eigenvalue weighted by Gasteiger charge is 2.21. The van der Waals surface area contributed by atoms with Crippen LogP contribution >= 0.6 is 11.3 Å². The Hall–Kier alpha value is -2.94. The third-order valence-electron chi connectivity index (χ3n) is 5.61. The Morgan fingerprint density at radius 3 is 2.74 bits per heavy atom. The highest BCUT2D eigenvalue weighted by Crippen LogP contribution is 2.37. The van der Waals surface area contributed by atoms with Crippen molar-refractivity contribution in [2.75, 3.05) is 12.3 Å². The first-order valence-electron chi connectivity index (χ1n) is 10.4. The molecule has 164 valence electrons. The van der Waals surface area contributed by atoms with Crippen LogP contribution in [0.25, 0.3) is 10.2 Å². The molecule has 31 heavy (non-hydrogen) atoms. The first-order valence-corrected chi connectivity index (χ1v) is 11.3. The zero-order valence-corrected chi connectivity index (χ0v) is 18.8. The van der Waals surface area contributed by atoms with E-state index < -0.39 is 11.9 Å². The molecular weight excluding hydrogens is 416 g/mol. The number of fused-ring (bicyclic) bond motifs is 3. The lowest BCUT2D eigenvalue weighted by atomic mass is 9.97. The minimum atomic E-state index is -0.440. The van der Waals surface area contributed by atoms with Gasteiger partial charge in [-0.25, -0.2) is 14.8 Å². The normalized spacial score (nSPS) is 13.3. The number of esters is 2. The molecule has 0 aromatic carbocycles. The van der Waals surface area contributed by atoms with Gasteiger partial charge >= 0.3 is 11.9 Å². The average molecular weight is 443 g/mol. The summed E-state index contributed by atoms with van der Waals surface area (Å²) in [6.07, 6.45) is 4.42. The fourth-order valence-electron chi connectivity index (χ4n) is 4.08. The molecular formula is C22H26N4O4S. The number of aryl methyl sites for hydroxylation is 3. The maximum Gasteiger partial charge on any atom is 0.339 e. The van der Waals surface area contributed by atoms with Crippen molar-refractivity contribution >= 4 is 39.3 Å². The number of nitrogen functional groups attached to an aromatic ring is 1. The Kier molecular flexibility index (Phi) is 5.95. The molecule has 0 atom stereocenters. The standard InChI is InChI=1S/C22H26N4O4S/c1-4-29-22(28)15-9-12(2)26(13(15)3)10-18(27)30-11-17-24-20(23)19-14-7-5-6-8-16(14)31-21(19)25-17/h9H,4-8,10-11H2,1-3H3,(H2,23,24,25). The molecule has 0 bridgehead atoms. The van der Waals surface area contributed by atoms with E-state index in [1.807, 2.05) is 6.92 Å². The predicted octanol–water partition coefficient (Wildman–Crippen LogP) is 3.49. The van der Waals surface area contributed by atoms with E-state index in [0.717, 1.165) is 35.2 Å². The van der Waals surface area contributed by atoms with E-state index in [9.17, 15) is 9.59 Å². The largest absolute Gasteiger partial charge is 0.462 e. The molecule has 4 rings (SSSR count). The van der Waals surface area contributed by atoms with Gasteiger partial charge in [-0.05, 0) is 58.1 Å². The van der Waals surface area contributed by atoms with Crippen molar-refractivity contribution in [3.63, 3.8) is 0 Å². The summed E-state index contributed by atoms with van der Waals surface area (Å²) in [6, 6.07) is 1.72. The van der Waals surface area contributed by atoms with Gasteiger partial charge in [-0.15, -0.1) is 11.3 Å². The van der Waals surface area contributed by atoms with E-state index >= 15 is 0 Å². The summed E-state index contributed by atoms with van der Waals surface area (Å²) in [5.74, 6) is 0.00715. The highest BCUT2D eigenvalue weighted by atomic mass is 32.1. The minimum absolute atomic E-state index is 0.0118. The van der Waals surface area contributed by atoms with E-state index in [4.69, 9.17) is 15.2 Å². The van der Waals surface area contributed by atoms with Crippen molar-refractivity contribution in [3.05, 3.63) is 39.3 Å². The summed E-state index contributed by atoms with van der Waals surface area (Å²) in [7, 11) is 0. The summed E-state index contributed by atoms with van der Waals surface area (Å²) in [5.41, 5.74) is 9.40. The maximum absolute atomic E-state index is 12.5. The number of carbonyl (C=O) groups is 2. The van der Waals surface area contributed by atoms with Gasteiger partial charge in [0.15, 0.2) is 12.4 Å². The number of ether oxygens (including phenoxy) is 2. The van der Waals surface area contributed by atoms with Crippen LogP contribution in [0.1, 0.15) is 57.8 Å². The van der Waals surface area contributed by atoms with Gasteiger partial charge < -0.3 is 19.8 Å². The summed E-state index contributed by atoms with van der Waals surface area (Å²) >= 11 is 1.66. The second kappa shape index (κ2) is 8.66. The lowest BCUT2D eigenvalue weighted by molar-refractivity contribution is -0.146. The quantitative estimate of drug-likeness (QED) is 0.582. The highest BCUT2D eigenvalue weighted by molar-refractivity contribution is 7.19. The van der Waals surface area contributed by atoms with Gasteiger partial charge in [0.25, 0.3) is 0 Å². The molecule has 2 N–H and O–H groups in total. The fraction of sp³-hybridized carbons (Fsp3) is 0.455. The summed E-state index contributed by atoms with van der Waals surface area (Å²) in [6.45, 7) is 5.60. The molecule has 8 nitrogen and oxygen atoms in total. The molecule has 0 radical (unpaired) electrons. The molecule has 0 unspecified atom stereocenters. The first kappa shape index (κ1) is 21.3. The zero-order valence-electron chi connectivity index (χ0n) is 18.0. The van der Waals surface area contributed by atoms with Gasteiger partial charge in [0, 0.05) is 16.3 Å². The third kappa shape index (κ3) is 4.14. The molecule has 1 aliphatic carbocycles. The molecule has 9 heteroatoms. The van der Waals surface area contributed by atoms with Gasteiger partial charge in [0.05, 0.1) is 17.6 Å². The van der Waals surface area contributed by atoms with Crippen LogP contribution in [0.15, 0.2) is 6.07 Å². The van der Waals surface area contributed by atoms with Crippen LogP contribution in [0.5, 0.6) is 0 Å². The number of nitrogens with zero attached hydrogens (tertiary/aromatic N) is 3. The van der Waals surface area contributed by atoms with Crippen molar-refractivity contribution in [2.24, 2.45) is 0 Å². The van der Waals surface area contributed by atoms with Crippen molar-refractivity contribution in [1.82, 2.24) is 14.5 Å². The molecule has 3 aromatic heterocycles. The second-order valence-corrected chi connectivity index (χ2v) is 8.75. The Balaban J connectivity index is 1.46. The molecule has 0 saturated heterocycles. The monoisotopic (exact) mass is 442 g/mol. The number of aromatic nitrogens is 3. The lowest BCUT2D eigenvalue weighted by Gasteiger charge is -2.11. The number of thiophene rings is 1. The fourth-order valence-corrected chi connectivity index (χ4v) is 5.36. The summed E-state index contributed by atoms with van der Waals surface area (Å²) in [4.78, 5) is 35.7. The van der Waals surface area contributed by atoms with Crippen molar-refractivity contribution in [1.29, 1.82) is 0 Å². The number of hydrogen-bond acceptors (Lipinski definition) is 8. The smallest absolute Gasteiger partial charge is 0.339 e. The number of nitrogens with two attached hydrogens (primary N) is 1. The Morgan fingerprint density at radius 2 is 1.97 bits per heavy atom. The third-order valence-corrected chi connectivity index (χ3v) is 6.79. The van der Waals surface area contributed by atoms with Gasteiger partial charge in [-0.1, -0.05) is 0 Å². The topological polar surface area (TPSA) is 109 Å². The molecule has 1 aliphatic rings. The molecule has 3 heterocycles. The van der Waals surface area contributed by atoms with Crippen molar-refractivity contribution < 1.29 is 19.1 Å². The maximum atomic E-state index is 12.5. The zero-order chi connectivity index (χ0) is 22.1. The summed E-state index contributed by atoms with van der Waals surface area (Å²) < 4.78 is 12.2. The second-order valence-electron chi connectivity index (χ2n) is 7.67. The molecule has 3 aromatic rings. The van der Waals surface area contributed by atoms with E-state index in [1.165, 1.54) is 16.9 Å². The Labute approximate surface area is 184 Å². The van der Waals surface area contributed by atoms with Crippen molar-refractivity contribution in [2.45, 2.75) is 59.6 Å². The van der Waals surface area contributed by atoms with Crippen LogP contribution in [0.2, 0.25) is 0 Å². The average Bonchev–Trinajstić information content (AvgIpc) is 3.25. The SMILES string of the molecule is CCOC(=O)c1cc(C)n(CC(=O)OCc2nc(N)c3c4c(sc3n2)CCCC4)c1C. The number of rotatable bonds is 6. The van der Waals surface area contributed by atoms with Gasteiger partial charge in [-0.3, -0.25) is 4.79 Å². The van der Waals surface area contributed by atoms with Crippen LogP contribution < -0.4 is 5.73 Å². The number of carbonyl (C=O) groups excluding carboxylic acids is 2. The van der Waals surface area contributed by atoms with E-state index in [1.54, 1.807) is 35.8 Å². The van der Waals surface area contributed by atoms with Gasteiger partial charge in [-0.2, -0.15) is 0 Å².